The van der Waals surface area contributed by atoms with Crippen molar-refractivity contribution in [3.63, 3.8) is 0 Å². The minimum absolute atomic E-state index is 0.0288. The molecule has 35 heavy (non-hydrogen) atoms. The lowest BCUT2D eigenvalue weighted by atomic mass is 9.62. The van der Waals surface area contributed by atoms with Gasteiger partial charge in [0, 0.05) is 23.1 Å². The average molecular weight is 519 g/mol. The van der Waals surface area contributed by atoms with E-state index in [4.69, 9.17) is 14.6 Å². The van der Waals surface area contributed by atoms with Gasteiger partial charge in [-0.3, -0.25) is 4.90 Å². The number of aromatic nitrogens is 1. The molecule has 4 rings (SSSR count). The first kappa shape index (κ1) is 25.5. The highest BCUT2D eigenvalue weighted by molar-refractivity contribution is 8.01. The number of hydrogen-bond acceptors (Lipinski definition) is 8. The summed E-state index contributed by atoms with van der Waals surface area (Å²) in [6.45, 7) is 2.28. The van der Waals surface area contributed by atoms with Crippen LogP contribution in [0.1, 0.15) is 42.2 Å². The number of hydrogen-bond donors (Lipinski definition) is 2. The van der Waals surface area contributed by atoms with E-state index in [2.05, 4.69) is 4.98 Å². The Morgan fingerprint density at radius 3 is 2.74 bits per heavy atom. The lowest BCUT2D eigenvalue weighted by Crippen LogP contribution is -2.43. The van der Waals surface area contributed by atoms with Crippen molar-refractivity contribution in [2.75, 3.05) is 19.4 Å². The van der Waals surface area contributed by atoms with Crippen LogP contribution in [0.5, 0.6) is 5.75 Å². The Kier molecular flexibility index (Phi) is 8.03. The lowest BCUT2D eigenvalue weighted by Gasteiger charge is -2.45. The number of aromatic carboxylic acids is 1. The van der Waals surface area contributed by atoms with Crippen LogP contribution in [-0.4, -0.2) is 69.8 Å². The van der Waals surface area contributed by atoms with Gasteiger partial charge in [-0.1, -0.05) is 42.5 Å². The number of amides is 1. The predicted octanol–water partition coefficient (Wildman–Crippen LogP) is 4.48. The normalized spacial score (nSPS) is 22.1. The van der Waals surface area contributed by atoms with Crippen LogP contribution < -0.4 is 4.74 Å². The molecule has 2 N–H and O–H groups in total. The smallest absolute Gasteiger partial charge is 0.410 e. The third-order valence-corrected chi connectivity index (χ3v) is 8.81. The highest BCUT2D eigenvalue weighted by atomic mass is 32.2. The van der Waals surface area contributed by atoms with Crippen LogP contribution in [0, 0.1) is 5.41 Å². The van der Waals surface area contributed by atoms with Crippen LogP contribution in [0.3, 0.4) is 0 Å². The summed E-state index contributed by atoms with van der Waals surface area (Å²) in [6, 6.07) is 7.69. The fraction of sp³-hybridized carbons (Fsp3) is 0.480. The summed E-state index contributed by atoms with van der Waals surface area (Å²) in [5, 5.41) is 21.7. The zero-order valence-corrected chi connectivity index (χ0v) is 21.4. The van der Waals surface area contributed by atoms with Gasteiger partial charge in [0.05, 0.1) is 19.3 Å². The van der Waals surface area contributed by atoms with E-state index >= 15 is 0 Å². The minimum Gasteiger partial charge on any atom is -0.497 e. The van der Waals surface area contributed by atoms with E-state index in [-0.39, 0.29) is 29.3 Å². The molecule has 1 amide bonds. The van der Waals surface area contributed by atoms with Crippen molar-refractivity contribution < 1.29 is 29.3 Å². The Labute approximate surface area is 213 Å². The van der Waals surface area contributed by atoms with Gasteiger partial charge in [-0.2, -0.15) is 0 Å². The molecular formula is C25H30N2O6S2. The van der Waals surface area contributed by atoms with Gasteiger partial charge in [0.25, 0.3) is 0 Å². The van der Waals surface area contributed by atoms with Crippen LogP contribution in [0.15, 0.2) is 46.1 Å². The maximum atomic E-state index is 12.4. The molecule has 1 saturated carbocycles. The molecule has 2 aliphatic rings. The third kappa shape index (κ3) is 5.82. The standard InChI is InChI=1S/C25H30N2O6S2/c1-16-20(27(24(31)33-16)12-13-34-23-26-19(15-35-23)22(29)30)8-9-21(28)25(10-3-11-25)14-17-4-6-18(32-2)7-5-17/h4-9,15-16,20-21,28H,3,10-14H2,1-2H3,(H,29,30). The molecule has 188 valence electrons. The number of carboxylic acids is 1. The summed E-state index contributed by atoms with van der Waals surface area (Å²) >= 11 is 2.68. The quantitative estimate of drug-likeness (QED) is 0.331. The van der Waals surface area contributed by atoms with Crippen molar-refractivity contribution in [1.29, 1.82) is 0 Å². The SMILES string of the molecule is COc1ccc(CC2(C(O)C=CC3C(C)OC(=O)N3CCSc3nc(C(=O)O)cs3)CCC2)cc1. The Morgan fingerprint density at radius 1 is 1.40 bits per heavy atom. The molecule has 3 atom stereocenters. The number of carboxylic acid groups (broad SMARTS) is 1. The van der Waals surface area contributed by atoms with E-state index < -0.39 is 12.1 Å². The molecule has 1 aromatic carbocycles. The molecule has 1 saturated heterocycles. The number of ether oxygens (including phenoxy) is 2. The van der Waals surface area contributed by atoms with Gasteiger partial charge in [0.1, 0.15) is 11.9 Å². The molecule has 0 spiro atoms. The van der Waals surface area contributed by atoms with Crippen molar-refractivity contribution in [2.24, 2.45) is 5.41 Å². The Balaban J connectivity index is 1.37. The molecule has 1 aliphatic carbocycles. The van der Waals surface area contributed by atoms with Crippen molar-refractivity contribution in [2.45, 2.75) is 55.2 Å². The second-order valence-corrected chi connectivity index (χ2v) is 11.2. The molecule has 2 heterocycles. The molecule has 0 bridgehead atoms. The van der Waals surface area contributed by atoms with E-state index in [1.165, 1.54) is 28.5 Å². The highest BCUT2D eigenvalue weighted by Crippen LogP contribution is 2.47. The molecule has 2 aromatic rings. The molecule has 2 fully saturated rings. The lowest BCUT2D eigenvalue weighted by molar-refractivity contribution is -0.00525. The number of aliphatic hydroxyl groups is 1. The Hall–Kier alpha value is -2.56. The molecular weight excluding hydrogens is 488 g/mol. The summed E-state index contributed by atoms with van der Waals surface area (Å²) in [4.78, 5) is 29.2. The number of methoxy groups -OCH3 is 1. The predicted molar refractivity (Wildman–Crippen MR) is 134 cm³/mol. The van der Waals surface area contributed by atoms with Gasteiger partial charge in [-0.15, -0.1) is 11.3 Å². The van der Waals surface area contributed by atoms with Gasteiger partial charge in [0.2, 0.25) is 0 Å². The second kappa shape index (κ2) is 11.0. The van der Waals surface area contributed by atoms with Crippen LogP contribution in [0.4, 0.5) is 4.79 Å². The maximum Gasteiger partial charge on any atom is 0.410 e. The van der Waals surface area contributed by atoms with Gasteiger partial charge in [0.15, 0.2) is 10.0 Å². The first-order chi connectivity index (χ1) is 16.8. The fourth-order valence-electron chi connectivity index (χ4n) is 4.61. The van der Waals surface area contributed by atoms with Crippen LogP contribution in [-0.2, 0) is 11.2 Å². The van der Waals surface area contributed by atoms with Crippen molar-refractivity contribution in [1.82, 2.24) is 9.88 Å². The molecule has 1 aromatic heterocycles. The number of thiazole rings is 1. The number of carbonyl (C=O) groups is 2. The zero-order chi connectivity index (χ0) is 25.0. The topological polar surface area (TPSA) is 109 Å². The number of cyclic esters (lactones) is 1. The summed E-state index contributed by atoms with van der Waals surface area (Å²) in [6.07, 6.45) is 6.16. The van der Waals surface area contributed by atoms with E-state index in [9.17, 15) is 14.7 Å². The first-order valence-corrected chi connectivity index (χ1v) is 13.5. The fourth-order valence-corrected chi connectivity index (χ4v) is 6.42. The number of rotatable bonds is 11. The summed E-state index contributed by atoms with van der Waals surface area (Å²) in [7, 11) is 1.64. The van der Waals surface area contributed by atoms with E-state index in [0.717, 1.165) is 37.0 Å². The average Bonchev–Trinajstić information content (AvgIpc) is 3.39. The van der Waals surface area contributed by atoms with Gasteiger partial charge in [-0.05, 0) is 43.9 Å². The molecule has 10 heteroatoms. The monoisotopic (exact) mass is 518 g/mol. The molecule has 8 nitrogen and oxygen atoms in total. The third-order valence-electron chi connectivity index (χ3n) is 6.80. The number of thioether (sulfide) groups is 1. The summed E-state index contributed by atoms with van der Waals surface area (Å²) < 4.78 is 11.3. The number of benzene rings is 1. The van der Waals surface area contributed by atoms with E-state index in [1.807, 2.05) is 43.3 Å². The number of carbonyl (C=O) groups excluding carboxylic acids is 1. The maximum absolute atomic E-state index is 12.4. The van der Waals surface area contributed by atoms with Crippen LogP contribution in [0.25, 0.3) is 0 Å². The highest BCUT2D eigenvalue weighted by Gasteiger charge is 2.43. The second-order valence-electron chi connectivity index (χ2n) is 9.00. The van der Waals surface area contributed by atoms with Crippen molar-refractivity contribution in [3.05, 3.63) is 53.1 Å². The van der Waals surface area contributed by atoms with Gasteiger partial charge >= 0.3 is 12.1 Å². The molecule has 0 radical (unpaired) electrons. The zero-order valence-electron chi connectivity index (χ0n) is 19.8. The Bertz CT molecular complexity index is 1070. The van der Waals surface area contributed by atoms with Crippen LogP contribution in [0.2, 0.25) is 0 Å². The summed E-state index contributed by atoms with van der Waals surface area (Å²) in [5.74, 6) is 0.320. The largest absolute Gasteiger partial charge is 0.497 e. The first-order valence-electron chi connectivity index (χ1n) is 11.6. The number of aliphatic hydroxyl groups excluding tert-OH is 1. The molecule has 1 aliphatic heterocycles. The Morgan fingerprint density at radius 2 is 2.14 bits per heavy atom. The molecule has 3 unspecified atom stereocenters. The number of nitrogens with zero attached hydrogens (tertiary/aromatic N) is 2. The van der Waals surface area contributed by atoms with Crippen molar-refractivity contribution in [3.8, 4) is 5.75 Å². The van der Waals surface area contributed by atoms with Crippen molar-refractivity contribution >= 4 is 35.2 Å². The van der Waals surface area contributed by atoms with E-state index in [1.54, 1.807) is 12.0 Å². The van der Waals surface area contributed by atoms with Gasteiger partial charge in [-0.25, -0.2) is 14.6 Å². The van der Waals surface area contributed by atoms with Gasteiger partial charge < -0.3 is 19.7 Å². The van der Waals surface area contributed by atoms with E-state index in [0.29, 0.717) is 16.6 Å². The van der Waals surface area contributed by atoms with Crippen LogP contribution >= 0.6 is 23.1 Å². The minimum atomic E-state index is -1.05. The summed E-state index contributed by atoms with van der Waals surface area (Å²) in [5.41, 5.74) is 0.990.